The topological polar surface area (TPSA) is 74.7 Å². The van der Waals surface area contributed by atoms with E-state index in [1.807, 2.05) is 26.8 Å². The van der Waals surface area contributed by atoms with E-state index in [0.717, 1.165) is 15.4 Å². The van der Waals surface area contributed by atoms with Crippen LogP contribution < -0.4 is 0 Å². The molecule has 0 saturated heterocycles. The number of benzene rings is 1. The van der Waals surface area contributed by atoms with E-state index in [2.05, 4.69) is 0 Å². The standard InChI is InChI=1S/C15H23NO4S/c1-6-7-16(9-14(17)18)21(19,20)15-12(4)10(2)8-11(3)13(15)5/h8H,6-7,9H2,1-5H3,(H,17,18). The predicted molar refractivity (Wildman–Crippen MR) is 82.1 cm³/mol. The van der Waals surface area contributed by atoms with Crippen molar-refractivity contribution in [1.29, 1.82) is 0 Å². The quantitative estimate of drug-likeness (QED) is 0.875. The molecule has 0 atom stereocenters. The minimum Gasteiger partial charge on any atom is -0.480 e. The highest BCUT2D eigenvalue weighted by molar-refractivity contribution is 7.89. The number of carboxylic acids is 1. The second-order valence-electron chi connectivity index (χ2n) is 5.32. The highest BCUT2D eigenvalue weighted by Gasteiger charge is 2.29. The van der Waals surface area contributed by atoms with Gasteiger partial charge >= 0.3 is 5.97 Å². The van der Waals surface area contributed by atoms with E-state index < -0.39 is 22.5 Å². The van der Waals surface area contributed by atoms with Gasteiger partial charge in [0.15, 0.2) is 0 Å². The predicted octanol–water partition coefficient (Wildman–Crippen LogP) is 2.41. The molecule has 0 saturated carbocycles. The van der Waals surface area contributed by atoms with Crippen LogP contribution in [0.15, 0.2) is 11.0 Å². The molecule has 5 nitrogen and oxygen atoms in total. The monoisotopic (exact) mass is 313 g/mol. The summed E-state index contributed by atoms with van der Waals surface area (Å²) >= 11 is 0. The van der Waals surface area contributed by atoms with Crippen LogP contribution in [-0.4, -0.2) is 36.9 Å². The molecule has 0 aliphatic carbocycles. The fourth-order valence-electron chi connectivity index (χ4n) is 2.38. The number of rotatable bonds is 6. The smallest absolute Gasteiger partial charge is 0.318 e. The van der Waals surface area contributed by atoms with E-state index in [-0.39, 0.29) is 11.4 Å². The van der Waals surface area contributed by atoms with Crippen molar-refractivity contribution in [3.8, 4) is 0 Å². The van der Waals surface area contributed by atoms with E-state index >= 15 is 0 Å². The summed E-state index contributed by atoms with van der Waals surface area (Å²) in [5, 5.41) is 8.96. The average Bonchev–Trinajstić information content (AvgIpc) is 2.35. The first kappa shape index (κ1) is 17.7. The van der Waals surface area contributed by atoms with Crippen molar-refractivity contribution in [2.24, 2.45) is 0 Å². The van der Waals surface area contributed by atoms with E-state index in [1.165, 1.54) is 0 Å². The Labute approximate surface area is 126 Å². The Balaban J connectivity index is 3.51. The van der Waals surface area contributed by atoms with Gasteiger partial charge in [-0.3, -0.25) is 4.79 Å². The lowest BCUT2D eigenvalue weighted by Gasteiger charge is -2.23. The zero-order valence-corrected chi connectivity index (χ0v) is 14.0. The summed E-state index contributed by atoms with van der Waals surface area (Å²) in [6.45, 7) is 8.76. The van der Waals surface area contributed by atoms with E-state index in [9.17, 15) is 13.2 Å². The van der Waals surface area contributed by atoms with Crippen molar-refractivity contribution in [2.75, 3.05) is 13.1 Å². The number of aliphatic carboxylic acids is 1. The molecule has 6 heteroatoms. The molecular formula is C15H23NO4S. The van der Waals surface area contributed by atoms with Gasteiger partial charge in [0.25, 0.3) is 0 Å². The summed E-state index contributed by atoms with van der Waals surface area (Å²) in [6, 6.07) is 1.95. The van der Waals surface area contributed by atoms with Gasteiger partial charge in [0, 0.05) is 6.54 Å². The van der Waals surface area contributed by atoms with Crippen LogP contribution in [0.2, 0.25) is 0 Å². The van der Waals surface area contributed by atoms with Crippen LogP contribution in [0, 0.1) is 27.7 Å². The molecule has 118 valence electrons. The third kappa shape index (κ3) is 3.63. The summed E-state index contributed by atoms with van der Waals surface area (Å²) < 4.78 is 26.8. The lowest BCUT2D eigenvalue weighted by molar-refractivity contribution is -0.137. The fraction of sp³-hybridized carbons (Fsp3) is 0.533. The largest absolute Gasteiger partial charge is 0.480 e. The van der Waals surface area contributed by atoms with Crippen molar-refractivity contribution in [1.82, 2.24) is 4.31 Å². The Morgan fingerprint density at radius 2 is 1.62 bits per heavy atom. The lowest BCUT2D eigenvalue weighted by atomic mass is 10.0. The molecule has 0 fully saturated rings. The summed E-state index contributed by atoms with van der Waals surface area (Å²) in [6.07, 6.45) is 0.565. The maximum Gasteiger partial charge on any atom is 0.318 e. The Kier molecular flexibility index (Phi) is 5.53. The number of sulfonamides is 1. The van der Waals surface area contributed by atoms with Gasteiger partial charge < -0.3 is 5.11 Å². The number of nitrogens with zero attached hydrogens (tertiary/aromatic N) is 1. The molecule has 0 spiro atoms. The van der Waals surface area contributed by atoms with Crippen molar-refractivity contribution in [3.05, 3.63) is 28.3 Å². The van der Waals surface area contributed by atoms with Crippen LogP contribution >= 0.6 is 0 Å². The van der Waals surface area contributed by atoms with Crippen LogP contribution in [0.1, 0.15) is 35.6 Å². The maximum atomic E-state index is 12.9. The minimum atomic E-state index is -3.81. The number of hydrogen-bond donors (Lipinski definition) is 1. The average molecular weight is 313 g/mol. The van der Waals surface area contributed by atoms with Gasteiger partial charge in [0.1, 0.15) is 6.54 Å². The van der Waals surface area contributed by atoms with Gasteiger partial charge in [-0.2, -0.15) is 4.31 Å². The summed E-state index contributed by atoms with van der Waals surface area (Å²) in [5.41, 5.74) is 3.15. The van der Waals surface area contributed by atoms with Gasteiger partial charge in [0.05, 0.1) is 4.90 Å². The number of aryl methyl sites for hydroxylation is 2. The van der Waals surface area contributed by atoms with Gasteiger partial charge in [-0.1, -0.05) is 13.0 Å². The fourth-order valence-corrected chi connectivity index (χ4v) is 4.44. The normalized spacial score (nSPS) is 11.9. The second-order valence-corrected chi connectivity index (χ2v) is 7.20. The van der Waals surface area contributed by atoms with Crippen molar-refractivity contribution >= 4 is 16.0 Å². The molecule has 0 amide bonds. The van der Waals surface area contributed by atoms with Crippen LogP contribution in [0.25, 0.3) is 0 Å². The van der Waals surface area contributed by atoms with Crippen molar-refractivity contribution in [2.45, 2.75) is 45.9 Å². The van der Waals surface area contributed by atoms with Crippen molar-refractivity contribution < 1.29 is 18.3 Å². The second kappa shape index (κ2) is 6.58. The molecule has 1 aromatic carbocycles. The summed E-state index contributed by atoms with van der Waals surface area (Å²) in [5.74, 6) is -1.15. The first-order chi connectivity index (χ1) is 9.62. The summed E-state index contributed by atoms with van der Waals surface area (Å²) in [4.78, 5) is 11.2. The van der Waals surface area contributed by atoms with Crippen LogP contribution in [0.5, 0.6) is 0 Å². The zero-order chi connectivity index (χ0) is 16.4. The Bertz CT molecular complexity index is 624. The third-order valence-electron chi connectivity index (χ3n) is 3.68. The Hall–Kier alpha value is -1.40. The molecule has 0 bridgehead atoms. The third-order valence-corrected chi connectivity index (χ3v) is 5.80. The number of hydrogen-bond acceptors (Lipinski definition) is 3. The minimum absolute atomic E-state index is 0.195. The van der Waals surface area contributed by atoms with Crippen LogP contribution in [0.3, 0.4) is 0 Å². The van der Waals surface area contributed by atoms with E-state index in [1.54, 1.807) is 13.8 Å². The van der Waals surface area contributed by atoms with Crippen LogP contribution in [-0.2, 0) is 14.8 Å². The first-order valence-corrected chi connectivity index (χ1v) is 8.36. The zero-order valence-electron chi connectivity index (χ0n) is 13.2. The molecular weight excluding hydrogens is 290 g/mol. The first-order valence-electron chi connectivity index (χ1n) is 6.92. The van der Waals surface area contributed by atoms with E-state index in [4.69, 9.17) is 5.11 Å². The molecule has 1 aromatic rings. The molecule has 1 rings (SSSR count). The highest BCUT2D eigenvalue weighted by Crippen LogP contribution is 2.28. The lowest BCUT2D eigenvalue weighted by Crippen LogP contribution is -2.37. The molecule has 0 unspecified atom stereocenters. The maximum absolute atomic E-state index is 12.9. The van der Waals surface area contributed by atoms with E-state index in [0.29, 0.717) is 17.5 Å². The van der Waals surface area contributed by atoms with Gasteiger partial charge in [-0.05, 0) is 56.4 Å². The van der Waals surface area contributed by atoms with Gasteiger partial charge in [-0.25, -0.2) is 8.42 Å². The Morgan fingerprint density at radius 1 is 1.14 bits per heavy atom. The summed E-state index contributed by atoms with van der Waals surface area (Å²) in [7, 11) is -3.81. The number of carbonyl (C=O) groups is 1. The van der Waals surface area contributed by atoms with Crippen LogP contribution in [0.4, 0.5) is 0 Å². The Morgan fingerprint density at radius 3 is 2.00 bits per heavy atom. The molecule has 0 aliphatic heterocycles. The van der Waals surface area contributed by atoms with Gasteiger partial charge in [0.2, 0.25) is 10.0 Å². The number of carboxylic acid groups (broad SMARTS) is 1. The van der Waals surface area contributed by atoms with Gasteiger partial charge in [-0.15, -0.1) is 0 Å². The molecule has 0 aliphatic rings. The van der Waals surface area contributed by atoms with Crippen molar-refractivity contribution in [3.63, 3.8) is 0 Å². The SMILES string of the molecule is CCCN(CC(=O)O)S(=O)(=O)c1c(C)c(C)cc(C)c1C. The molecule has 0 radical (unpaired) electrons. The molecule has 0 heterocycles. The molecule has 21 heavy (non-hydrogen) atoms. The highest BCUT2D eigenvalue weighted by atomic mass is 32.2. The molecule has 1 N–H and O–H groups in total. The molecule has 0 aromatic heterocycles.